The van der Waals surface area contributed by atoms with E-state index < -0.39 is 0 Å². The van der Waals surface area contributed by atoms with E-state index in [-0.39, 0.29) is 0 Å². The van der Waals surface area contributed by atoms with E-state index in [9.17, 15) is 0 Å². The molecule has 1 aromatic heterocycles. The lowest BCUT2D eigenvalue weighted by atomic mass is 10.3. The van der Waals surface area contributed by atoms with Crippen LogP contribution in [0.3, 0.4) is 0 Å². The van der Waals surface area contributed by atoms with Gasteiger partial charge in [0, 0.05) is 26.1 Å². The van der Waals surface area contributed by atoms with Gasteiger partial charge in [0.25, 0.3) is 0 Å². The maximum atomic E-state index is 8.58. The summed E-state index contributed by atoms with van der Waals surface area (Å²) >= 11 is 3.62. The zero-order valence-electron chi connectivity index (χ0n) is 10.7. The first kappa shape index (κ1) is 14.2. The van der Waals surface area contributed by atoms with Gasteiger partial charge in [-0.1, -0.05) is 6.92 Å². The Balaban J connectivity index is 2.82. The molecule has 4 nitrogen and oxygen atoms in total. The highest BCUT2D eigenvalue weighted by atomic mass is 79.9. The molecule has 0 aromatic carbocycles. The highest BCUT2D eigenvalue weighted by Gasteiger charge is 2.14. The number of hydrogen-bond acceptors (Lipinski definition) is 3. The van der Waals surface area contributed by atoms with Crippen LogP contribution in [0.5, 0.6) is 0 Å². The van der Waals surface area contributed by atoms with Crippen LogP contribution < -0.4 is 0 Å². The number of aromatic nitrogens is 2. The van der Waals surface area contributed by atoms with E-state index in [4.69, 9.17) is 5.26 Å². The standard InChI is InChI=1S/C12H19BrN4/c1-4-10-12(13)11(17(5-2)15-10)9-16(3)8-6-7-14/h4-6,8-9H2,1-3H3. The molecule has 94 valence electrons. The van der Waals surface area contributed by atoms with Gasteiger partial charge in [-0.2, -0.15) is 10.4 Å². The van der Waals surface area contributed by atoms with Crippen LogP contribution in [0.1, 0.15) is 31.7 Å². The van der Waals surface area contributed by atoms with Gasteiger partial charge in [-0.3, -0.25) is 9.58 Å². The van der Waals surface area contributed by atoms with Crippen LogP contribution in [0.25, 0.3) is 0 Å². The van der Waals surface area contributed by atoms with E-state index in [1.165, 1.54) is 5.69 Å². The average Bonchev–Trinajstić information content (AvgIpc) is 2.63. The molecule has 1 heterocycles. The number of aryl methyl sites for hydroxylation is 2. The molecule has 0 aliphatic rings. The van der Waals surface area contributed by atoms with Crippen LogP contribution in [0, 0.1) is 11.3 Å². The molecule has 1 aromatic rings. The maximum absolute atomic E-state index is 8.58. The molecule has 5 heteroatoms. The fraction of sp³-hybridized carbons (Fsp3) is 0.667. The van der Waals surface area contributed by atoms with Crippen molar-refractivity contribution in [2.75, 3.05) is 13.6 Å². The zero-order valence-corrected chi connectivity index (χ0v) is 12.3. The lowest BCUT2D eigenvalue weighted by Gasteiger charge is -2.15. The highest BCUT2D eigenvalue weighted by molar-refractivity contribution is 9.10. The second-order valence-electron chi connectivity index (χ2n) is 4.02. The van der Waals surface area contributed by atoms with Gasteiger partial charge in [-0.25, -0.2) is 0 Å². The Labute approximate surface area is 111 Å². The maximum Gasteiger partial charge on any atom is 0.0767 e. The zero-order chi connectivity index (χ0) is 12.8. The topological polar surface area (TPSA) is 44.9 Å². The summed E-state index contributed by atoms with van der Waals surface area (Å²) in [6, 6.07) is 2.17. The van der Waals surface area contributed by atoms with E-state index >= 15 is 0 Å². The molecule has 0 fully saturated rings. The van der Waals surface area contributed by atoms with Gasteiger partial charge < -0.3 is 0 Å². The molecular formula is C12H19BrN4. The third kappa shape index (κ3) is 3.55. The van der Waals surface area contributed by atoms with Crippen LogP contribution in [0.15, 0.2) is 4.47 Å². The lowest BCUT2D eigenvalue weighted by molar-refractivity contribution is 0.322. The van der Waals surface area contributed by atoms with Gasteiger partial charge in [0.2, 0.25) is 0 Å². The Morgan fingerprint density at radius 3 is 2.71 bits per heavy atom. The second kappa shape index (κ2) is 6.77. The van der Waals surface area contributed by atoms with E-state index in [0.717, 1.165) is 36.2 Å². The second-order valence-corrected chi connectivity index (χ2v) is 4.82. The summed E-state index contributed by atoms with van der Waals surface area (Å²) < 4.78 is 3.15. The van der Waals surface area contributed by atoms with Crippen molar-refractivity contribution < 1.29 is 0 Å². The van der Waals surface area contributed by atoms with E-state index in [1.54, 1.807) is 0 Å². The smallest absolute Gasteiger partial charge is 0.0767 e. The van der Waals surface area contributed by atoms with Crippen molar-refractivity contribution in [3.05, 3.63) is 15.9 Å². The number of nitrogens with zero attached hydrogens (tertiary/aromatic N) is 4. The molecule has 0 radical (unpaired) electrons. The minimum absolute atomic E-state index is 0.565. The van der Waals surface area contributed by atoms with Crippen molar-refractivity contribution in [3.63, 3.8) is 0 Å². The van der Waals surface area contributed by atoms with E-state index in [0.29, 0.717) is 6.42 Å². The summed E-state index contributed by atoms with van der Waals surface area (Å²) in [5, 5.41) is 13.1. The SMILES string of the molecule is CCc1nn(CC)c(CN(C)CCC#N)c1Br. The van der Waals surface area contributed by atoms with Crippen LogP contribution >= 0.6 is 15.9 Å². The summed E-state index contributed by atoms with van der Waals surface area (Å²) in [4.78, 5) is 2.15. The van der Waals surface area contributed by atoms with Crippen molar-refractivity contribution in [3.8, 4) is 6.07 Å². The van der Waals surface area contributed by atoms with Gasteiger partial charge in [0.15, 0.2) is 0 Å². The van der Waals surface area contributed by atoms with Crippen molar-refractivity contribution in [2.45, 2.75) is 39.8 Å². The molecule has 1 rings (SSSR count). The molecule has 0 saturated heterocycles. The average molecular weight is 299 g/mol. The Kier molecular flexibility index (Phi) is 5.66. The molecular weight excluding hydrogens is 280 g/mol. The quantitative estimate of drug-likeness (QED) is 0.811. The fourth-order valence-corrected chi connectivity index (χ4v) is 2.43. The number of rotatable bonds is 6. The molecule has 0 atom stereocenters. The highest BCUT2D eigenvalue weighted by Crippen LogP contribution is 2.23. The van der Waals surface area contributed by atoms with Crippen molar-refractivity contribution in [1.82, 2.24) is 14.7 Å². The Bertz CT molecular complexity index is 405. The predicted molar refractivity (Wildman–Crippen MR) is 71.5 cm³/mol. The monoisotopic (exact) mass is 298 g/mol. The first-order valence-electron chi connectivity index (χ1n) is 5.93. The van der Waals surface area contributed by atoms with Gasteiger partial charge in [0.05, 0.1) is 21.9 Å². The fourth-order valence-electron chi connectivity index (χ4n) is 1.74. The molecule has 0 bridgehead atoms. The predicted octanol–water partition coefficient (Wildman–Crippen LogP) is 2.57. The van der Waals surface area contributed by atoms with Crippen LogP contribution in [-0.2, 0) is 19.5 Å². The summed E-state index contributed by atoms with van der Waals surface area (Å²) in [6.45, 7) is 6.69. The summed E-state index contributed by atoms with van der Waals surface area (Å²) in [5.41, 5.74) is 2.31. The minimum atomic E-state index is 0.565. The molecule has 17 heavy (non-hydrogen) atoms. The van der Waals surface area contributed by atoms with Gasteiger partial charge in [0.1, 0.15) is 0 Å². The molecule has 0 amide bonds. The largest absolute Gasteiger partial charge is 0.299 e. The normalized spacial score (nSPS) is 10.8. The van der Waals surface area contributed by atoms with Crippen molar-refractivity contribution in [1.29, 1.82) is 5.26 Å². The van der Waals surface area contributed by atoms with E-state index in [2.05, 4.69) is 45.8 Å². The summed E-state index contributed by atoms with van der Waals surface area (Å²) in [7, 11) is 2.03. The lowest BCUT2D eigenvalue weighted by Crippen LogP contribution is -2.21. The van der Waals surface area contributed by atoms with Gasteiger partial charge in [-0.05, 0) is 36.3 Å². The summed E-state index contributed by atoms with van der Waals surface area (Å²) in [5.74, 6) is 0. The molecule has 0 aliphatic heterocycles. The van der Waals surface area contributed by atoms with Crippen LogP contribution in [0.4, 0.5) is 0 Å². The molecule has 0 unspecified atom stereocenters. The van der Waals surface area contributed by atoms with Crippen molar-refractivity contribution >= 4 is 15.9 Å². The molecule has 0 spiro atoms. The number of hydrogen-bond donors (Lipinski definition) is 0. The third-order valence-electron chi connectivity index (χ3n) is 2.72. The van der Waals surface area contributed by atoms with Gasteiger partial charge >= 0.3 is 0 Å². The first-order chi connectivity index (χ1) is 8.13. The first-order valence-corrected chi connectivity index (χ1v) is 6.72. The molecule has 0 N–H and O–H groups in total. The summed E-state index contributed by atoms with van der Waals surface area (Å²) in [6.07, 6.45) is 1.50. The number of nitriles is 1. The van der Waals surface area contributed by atoms with E-state index in [1.807, 2.05) is 11.7 Å². The molecule has 0 saturated carbocycles. The third-order valence-corrected chi connectivity index (χ3v) is 3.63. The minimum Gasteiger partial charge on any atom is -0.299 e. The van der Waals surface area contributed by atoms with Crippen LogP contribution in [-0.4, -0.2) is 28.3 Å². The molecule has 0 aliphatic carbocycles. The number of halogens is 1. The Morgan fingerprint density at radius 1 is 1.47 bits per heavy atom. The Morgan fingerprint density at radius 2 is 2.18 bits per heavy atom. The van der Waals surface area contributed by atoms with Crippen LogP contribution in [0.2, 0.25) is 0 Å². The Hall–Kier alpha value is -0.860. The van der Waals surface area contributed by atoms with Gasteiger partial charge in [-0.15, -0.1) is 0 Å². The van der Waals surface area contributed by atoms with Crippen molar-refractivity contribution in [2.24, 2.45) is 0 Å².